The lowest BCUT2D eigenvalue weighted by molar-refractivity contribution is -0.138. The molecule has 2 rings (SSSR count). The van der Waals surface area contributed by atoms with Crippen LogP contribution in [0.15, 0.2) is 24.3 Å². The molecule has 1 fully saturated rings. The van der Waals surface area contributed by atoms with Crippen LogP contribution >= 0.6 is 0 Å². The molecule has 1 aliphatic heterocycles. The molecule has 0 aromatic heterocycles. The van der Waals surface area contributed by atoms with Crippen molar-refractivity contribution < 1.29 is 9.90 Å². The van der Waals surface area contributed by atoms with Crippen LogP contribution in [0.5, 0.6) is 0 Å². The number of aliphatic carboxylic acids is 1. The lowest BCUT2D eigenvalue weighted by atomic mass is 10.00. The van der Waals surface area contributed by atoms with E-state index in [1.807, 2.05) is 6.92 Å². The molecule has 1 aromatic carbocycles. The van der Waals surface area contributed by atoms with Crippen molar-refractivity contribution in [3.8, 4) is 0 Å². The van der Waals surface area contributed by atoms with Gasteiger partial charge in [-0.1, -0.05) is 29.8 Å². The first-order chi connectivity index (χ1) is 9.06. The maximum absolute atomic E-state index is 11.1. The van der Waals surface area contributed by atoms with E-state index >= 15 is 0 Å². The Bertz CT molecular complexity index is 422. The van der Waals surface area contributed by atoms with E-state index in [1.54, 1.807) is 0 Å². The van der Waals surface area contributed by atoms with Gasteiger partial charge < -0.3 is 10.0 Å². The molecule has 0 radical (unpaired) electrons. The lowest BCUT2D eigenvalue weighted by Gasteiger charge is -2.37. The number of carboxylic acid groups (broad SMARTS) is 1. The van der Waals surface area contributed by atoms with Gasteiger partial charge in [0.1, 0.15) is 0 Å². The summed E-state index contributed by atoms with van der Waals surface area (Å²) in [5.41, 5.74) is 2.31. The molecular formula is C15H22N2O2. The average molecular weight is 262 g/mol. The topological polar surface area (TPSA) is 43.8 Å². The highest BCUT2D eigenvalue weighted by Gasteiger charge is 2.25. The summed E-state index contributed by atoms with van der Waals surface area (Å²) in [7, 11) is 2.11. The minimum Gasteiger partial charge on any atom is -0.481 e. The molecule has 4 heteroatoms. The zero-order valence-corrected chi connectivity index (χ0v) is 11.7. The molecule has 104 valence electrons. The van der Waals surface area contributed by atoms with Gasteiger partial charge in [0, 0.05) is 32.2 Å². The third kappa shape index (κ3) is 3.78. The molecule has 1 unspecified atom stereocenters. The van der Waals surface area contributed by atoms with E-state index in [1.165, 1.54) is 5.56 Å². The number of hydrogen-bond donors (Lipinski definition) is 1. The van der Waals surface area contributed by atoms with Crippen molar-refractivity contribution in [2.24, 2.45) is 0 Å². The molecule has 0 aliphatic carbocycles. The summed E-state index contributed by atoms with van der Waals surface area (Å²) in [6.45, 7) is 5.92. The molecule has 0 bridgehead atoms. The van der Waals surface area contributed by atoms with Crippen LogP contribution in [-0.4, -0.2) is 54.1 Å². The second-order valence-corrected chi connectivity index (χ2v) is 5.36. The fourth-order valence-electron chi connectivity index (χ4n) is 2.55. The van der Waals surface area contributed by atoms with E-state index in [2.05, 4.69) is 41.1 Å². The molecular weight excluding hydrogens is 240 g/mol. The fourth-order valence-corrected chi connectivity index (χ4v) is 2.55. The number of likely N-dealkylation sites (N-methyl/N-ethyl adjacent to an activating group) is 1. The third-order valence-electron chi connectivity index (χ3n) is 3.81. The van der Waals surface area contributed by atoms with Crippen molar-refractivity contribution in [1.29, 1.82) is 0 Å². The molecule has 1 atom stereocenters. The first-order valence-electron chi connectivity index (χ1n) is 6.77. The van der Waals surface area contributed by atoms with Gasteiger partial charge in [0.05, 0.1) is 6.42 Å². The van der Waals surface area contributed by atoms with E-state index in [9.17, 15) is 4.79 Å². The highest BCUT2D eigenvalue weighted by Crippen LogP contribution is 2.25. The van der Waals surface area contributed by atoms with Crippen LogP contribution in [0, 0.1) is 6.92 Å². The number of rotatable bonds is 4. The Morgan fingerprint density at radius 1 is 1.21 bits per heavy atom. The molecule has 1 heterocycles. The summed E-state index contributed by atoms with van der Waals surface area (Å²) in [6.07, 6.45) is 0.173. The SMILES string of the molecule is Cc1ccc(C(CC(=O)O)N2CCN(C)CC2)cc1. The van der Waals surface area contributed by atoms with Gasteiger partial charge in [0.15, 0.2) is 0 Å². The Balaban J connectivity index is 2.15. The van der Waals surface area contributed by atoms with Gasteiger partial charge in [-0.25, -0.2) is 0 Å². The van der Waals surface area contributed by atoms with Crippen molar-refractivity contribution in [2.45, 2.75) is 19.4 Å². The van der Waals surface area contributed by atoms with E-state index in [4.69, 9.17) is 5.11 Å². The summed E-state index contributed by atoms with van der Waals surface area (Å²) >= 11 is 0. The van der Waals surface area contributed by atoms with Gasteiger partial charge in [-0.2, -0.15) is 0 Å². The predicted octanol–water partition coefficient (Wildman–Crippen LogP) is 1.76. The second kappa shape index (κ2) is 6.17. The molecule has 0 saturated carbocycles. The molecule has 0 amide bonds. The Hall–Kier alpha value is -1.39. The van der Waals surface area contributed by atoms with Crippen LogP contribution in [-0.2, 0) is 4.79 Å². The monoisotopic (exact) mass is 262 g/mol. The minimum absolute atomic E-state index is 0.00759. The number of carbonyl (C=O) groups is 1. The maximum Gasteiger partial charge on any atom is 0.305 e. The Morgan fingerprint density at radius 2 is 1.79 bits per heavy atom. The summed E-state index contributed by atoms with van der Waals surface area (Å²) in [6, 6.07) is 8.22. The van der Waals surface area contributed by atoms with Crippen LogP contribution in [0.4, 0.5) is 0 Å². The van der Waals surface area contributed by atoms with Crippen molar-refractivity contribution in [3.05, 3.63) is 35.4 Å². The first kappa shape index (κ1) is 14.0. The molecule has 1 aromatic rings. The van der Waals surface area contributed by atoms with Gasteiger partial charge in [0.25, 0.3) is 0 Å². The van der Waals surface area contributed by atoms with Crippen molar-refractivity contribution in [2.75, 3.05) is 33.2 Å². The zero-order chi connectivity index (χ0) is 13.8. The number of nitrogens with zero attached hydrogens (tertiary/aromatic N) is 2. The average Bonchev–Trinajstić information content (AvgIpc) is 2.38. The van der Waals surface area contributed by atoms with Gasteiger partial charge >= 0.3 is 5.97 Å². The summed E-state index contributed by atoms with van der Waals surface area (Å²) < 4.78 is 0. The zero-order valence-electron chi connectivity index (χ0n) is 11.7. The van der Waals surface area contributed by atoms with Gasteiger partial charge in [-0.15, -0.1) is 0 Å². The molecule has 1 N–H and O–H groups in total. The lowest BCUT2D eigenvalue weighted by Crippen LogP contribution is -2.46. The van der Waals surface area contributed by atoms with E-state index < -0.39 is 5.97 Å². The molecule has 0 spiro atoms. The third-order valence-corrected chi connectivity index (χ3v) is 3.81. The van der Waals surface area contributed by atoms with Crippen LogP contribution in [0.3, 0.4) is 0 Å². The number of aryl methyl sites for hydroxylation is 1. The number of hydrogen-bond acceptors (Lipinski definition) is 3. The van der Waals surface area contributed by atoms with Crippen LogP contribution in [0.1, 0.15) is 23.6 Å². The molecule has 1 saturated heterocycles. The van der Waals surface area contributed by atoms with Crippen LogP contribution < -0.4 is 0 Å². The molecule has 19 heavy (non-hydrogen) atoms. The van der Waals surface area contributed by atoms with Gasteiger partial charge in [-0.3, -0.25) is 9.69 Å². The number of carboxylic acids is 1. The standard InChI is InChI=1S/C15H22N2O2/c1-12-3-5-13(6-4-12)14(11-15(18)19)17-9-7-16(2)8-10-17/h3-6,14H,7-11H2,1-2H3,(H,18,19). The highest BCUT2D eigenvalue weighted by atomic mass is 16.4. The normalized spacial score (nSPS) is 19.3. The first-order valence-corrected chi connectivity index (χ1v) is 6.77. The second-order valence-electron chi connectivity index (χ2n) is 5.36. The number of piperazine rings is 1. The molecule has 4 nitrogen and oxygen atoms in total. The Kier molecular flexibility index (Phi) is 4.56. The Morgan fingerprint density at radius 3 is 2.32 bits per heavy atom. The summed E-state index contributed by atoms with van der Waals surface area (Å²) in [5, 5.41) is 9.15. The Labute approximate surface area is 114 Å². The van der Waals surface area contributed by atoms with Gasteiger partial charge in [0.2, 0.25) is 0 Å². The van der Waals surface area contributed by atoms with Crippen molar-refractivity contribution in [3.63, 3.8) is 0 Å². The van der Waals surface area contributed by atoms with E-state index in [-0.39, 0.29) is 12.5 Å². The summed E-state index contributed by atoms with van der Waals surface area (Å²) in [4.78, 5) is 15.7. The van der Waals surface area contributed by atoms with Crippen LogP contribution in [0.2, 0.25) is 0 Å². The quantitative estimate of drug-likeness (QED) is 0.898. The van der Waals surface area contributed by atoms with Gasteiger partial charge in [-0.05, 0) is 19.5 Å². The van der Waals surface area contributed by atoms with E-state index in [0.717, 1.165) is 31.7 Å². The largest absolute Gasteiger partial charge is 0.481 e. The van der Waals surface area contributed by atoms with Crippen LogP contribution in [0.25, 0.3) is 0 Å². The smallest absolute Gasteiger partial charge is 0.305 e. The predicted molar refractivity (Wildman–Crippen MR) is 75.2 cm³/mol. The highest BCUT2D eigenvalue weighted by molar-refractivity contribution is 5.68. The van der Waals surface area contributed by atoms with E-state index in [0.29, 0.717) is 0 Å². The van der Waals surface area contributed by atoms with Crippen molar-refractivity contribution in [1.82, 2.24) is 9.80 Å². The van der Waals surface area contributed by atoms with Crippen molar-refractivity contribution >= 4 is 5.97 Å². The minimum atomic E-state index is -0.732. The maximum atomic E-state index is 11.1. The number of benzene rings is 1. The molecule has 1 aliphatic rings. The fraction of sp³-hybridized carbons (Fsp3) is 0.533. The summed E-state index contributed by atoms with van der Waals surface area (Å²) in [5.74, 6) is -0.732.